The molecule has 214 valence electrons. The molecule has 0 fully saturated rings. The summed E-state index contributed by atoms with van der Waals surface area (Å²) in [4.78, 5) is 18.0. The minimum absolute atomic E-state index is 0.0849. The summed E-state index contributed by atoms with van der Waals surface area (Å²) < 4.78 is 21.9. The summed E-state index contributed by atoms with van der Waals surface area (Å²) in [6, 6.07) is 19.1. The molecule has 0 bridgehead atoms. The largest absolute Gasteiger partial charge is 0.493 e. The van der Waals surface area contributed by atoms with Crippen LogP contribution < -0.4 is 24.3 Å². The zero-order valence-electron chi connectivity index (χ0n) is 24.1. The highest BCUT2D eigenvalue weighted by Gasteiger charge is 2.22. The number of thioether (sulfide) groups is 1. The number of methoxy groups -OCH3 is 4. The van der Waals surface area contributed by atoms with Crippen LogP contribution in [-0.4, -0.2) is 54.8 Å². The molecule has 0 saturated heterocycles. The molecule has 0 aliphatic carbocycles. The number of nitrogens with zero attached hydrogens (tertiary/aromatic N) is 3. The second kappa shape index (κ2) is 13.8. The van der Waals surface area contributed by atoms with E-state index in [4.69, 9.17) is 23.9 Å². The van der Waals surface area contributed by atoms with Crippen LogP contribution in [0, 0.1) is 6.92 Å². The Balaban J connectivity index is 1.68. The molecule has 1 N–H and O–H groups in total. The van der Waals surface area contributed by atoms with Crippen LogP contribution in [0.3, 0.4) is 0 Å². The van der Waals surface area contributed by atoms with Gasteiger partial charge in [-0.25, -0.2) is 4.98 Å². The fourth-order valence-corrected chi connectivity index (χ4v) is 5.03. The maximum absolute atomic E-state index is 13.1. The molecule has 1 atom stereocenters. The lowest BCUT2D eigenvalue weighted by molar-refractivity contribution is -0.120. The molecular formula is C31H34N4O5S. The first-order valence-corrected chi connectivity index (χ1v) is 14.0. The van der Waals surface area contributed by atoms with Crippen LogP contribution in [0.4, 0.5) is 0 Å². The van der Waals surface area contributed by atoms with E-state index < -0.39 is 5.25 Å². The van der Waals surface area contributed by atoms with Gasteiger partial charge in [-0.2, -0.15) is 0 Å². The van der Waals surface area contributed by atoms with Crippen molar-refractivity contribution in [2.45, 2.75) is 37.2 Å². The van der Waals surface area contributed by atoms with Gasteiger partial charge >= 0.3 is 0 Å². The topological polar surface area (TPSA) is 105 Å². The highest BCUT2D eigenvalue weighted by molar-refractivity contribution is 8.00. The fraction of sp³-hybridized carbons (Fsp3) is 0.290. The van der Waals surface area contributed by atoms with E-state index in [1.807, 2.05) is 74.5 Å². The molecule has 0 aliphatic heterocycles. The van der Waals surface area contributed by atoms with E-state index in [9.17, 15) is 4.79 Å². The van der Waals surface area contributed by atoms with Crippen molar-refractivity contribution in [2.75, 3.05) is 28.4 Å². The molecule has 1 unspecified atom stereocenters. The summed E-state index contributed by atoms with van der Waals surface area (Å²) in [7, 11) is 6.33. The normalized spacial score (nSPS) is 11.5. The third-order valence-electron chi connectivity index (χ3n) is 6.48. The molecule has 41 heavy (non-hydrogen) atoms. The summed E-state index contributed by atoms with van der Waals surface area (Å²) in [5.74, 6) is 2.22. The van der Waals surface area contributed by atoms with Crippen molar-refractivity contribution in [1.82, 2.24) is 20.5 Å². The highest BCUT2D eigenvalue weighted by Crippen LogP contribution is 2.38. The summed E-state index contributed by atoms with van der Waals surface area (Å²) in [5.41, 5.74) is 4.82. The maximum atomic E-state index is 13.1. The molecule has 4 aromatic rings. The Morgan fingerprint density at radius 3 is 1.88 bits per heavy atom. The number of carbonyl (C=O) groups excluding carboxylic acids is 1. The van der Waals surface area contributed by atoms with Gasteiger partial charge in [-0.3, -0.25) is 4.79 Å². The molecule has 0 radical (unpaired) electrons. The molecule has 0 spiro atoms. The van der Waals surface area contributed by atoms with Crippen LogP contribution >= 0.6 is 11.8 Å². The minimum Gasteiger partial charge on any atom is -0.493 e. The Bertz CT molecular complexity index is 1500. The van der Waals surface area contributed by atoms with Crippen LogP contribution in [0.15, 0.2) is 65.8 Å². The van der Waals surface area contributed by atoms with Crippen molar-refractivity contribution in [3.63, 3.8) is 0 Å². The van der Waals surface area contributed by atoms with E-state index in [1.54, 1.807) is 28.4 Å². The molecule has 1 heterocycles. The van der Waals surface area contributed by atoms with Gasteiger partial charge in [-0.1, -0.05) is 48.5 Å². The third-order valence-corrected chi connectivity index (χ3v) is 7.70. The number of carbonyl (C=O) groups is 1. The fourth-order valence-electron chi connectivity index (χ4n) is 4.18. The van der Waals surface area contributed by atoms with E-state index >= 15 is 0 Å². The first kappa shape index (κ1) is 29.7. The van der Waals surface area contributed by atoms with Crippen molar-refractivity contribution in [3.05, 3.63) is 71.8 Å². The van der Waals surface area contributed by atoms with Gasteiger partial charge in [0.25, 0.3) is 0 Å². The van der Waals surface area contributed by atoms with Crippen molar-refractivity contribution < 1.29 is 23.7 Å². The van der Waals surface area contributed by atoms with Gasteiger partial charge in [0, 0.05) is 17.7 Å². The number of benzene rings is 3. The smallest absolute Gasteiger partial charge is 0.233 e. The number of hydrogen-bond acceptors (Lipinski definition) is 9. The lowest BCUT2D eigenvalue weighted by atomic mass is 10.0. The average molecular weight is 575 g/mol. The van der Waals surface area contributed by atoms with Gasteiger partial charge in [0.05, 0.1) is 33.7 Å². The van der Waals surface area contributed by atoms with Gasteiger partial charge in [-0.05, 0) is 55.3 Å². The highest BCUT2D eigenvalue weighted by atomic mass is 32.2. The molecule has 1 aromatic heterocycles. The molecule has 0 saturated carbocycles. The van der Waals surface area contributed by atoms with Gasteiger partial charge < -0.3 is 24.3 Å². The second-order valence-corrected chi connectivity index (χ2v) is 10.3. The van der Waals surface area contributed by atoms with Crippen LogP contribution in [0.1, 0.15) is 24.5 Å². The number of aromatic nitrogens is 3. The summed E-state index contributed by atoms with van der Waals surface area (Å²) in [6.45, 7) is 4.45. The van der Waals surface area contributed by atoms with E-state index in [2.05, 4.69) is 15.5 Å². The Morgan fingerprint density at radius 2 is 1.34 bits per heavy atom. The number of hydrogen-bond donors (Lipinski definition) is 1. The molecular weight excluding hydrogens is 540 g/mol. The predicted molar refractivity (Wildman–Crippen MR) is 160 cm³/mol. The molecule has 3 aromatic carbocycles. The van der Waals surface area contributed by atoms with E-state index in [0.29, 0.717) is 52.5 Å². The Kier molecular flexibility index (Phi) is 10.0. The molecule has 10 heteroatoms. The van der Waals surface area contributed by atoms with Gasteiger partial charge in [0.1, 0.15) is 11.4 Å². The van der Waals surface area contributed by atoms with Crippen molar-refractivity contribution in [3.8, 4) is 45.5 Å². The summed E-state index contributed by atoms with van der Waals surface area (Å²) in [6.07, 6.45) is 0.594. The van der Waals surface area contributed by atoms with Crippen LogP contribution in [0.25, 0.3) is 22.5 Å². The average Bonchev–Trinajstić information content (AvgIpc) is 3.02. The van der Waals surface area contributed by atoms with E-state index in [1.165, 1.54) is 17.3 Å². The number of amides is 1. The van der Waals surface area contributed by atoms with Crippen LogP contribution in [0.2, 0.25) is 0 Å². The predicted octanol–water partition coefficient (Wildman–Crippen LogP) is 5.74. The second-order valence-electron chi connectivity index (χ2n) is 9.15. The lowest BCUT2D eigenvalue weighted by Crippen LogP contribution is -2.32. The summed E-state index contributed by atoms with van der Waals surface area (Å²) >= 11 is 1.28. The van der Waals surface area contributed by atoms with Crippen molar-refractivity contribution in [1.29, 1.82) is 0 Å². The van der Waals surface area contributed by atoms with E-state index in [0.717, 1.165) is 16.7 Å². The minimum atomic E-state index is -0.396. The zero-order valence-corrected chi connectivity index (χ0v) is 24.9. The zero-order chi connectivity index (χ0) is 29.4. The SMILES string of the molecule is CCC(Sc1nnc(-c2ccc(OC)c(OC)c2)c(-c2ccc(OC)c(OC)c2)n1)C(=O)NCc1ccc(C)cc1. The Hall–Kier alpha value is -4.31. The van der Waals surface area contributed by atoms with Crippen molar-refractivity contribution >= 4 is 17.7 Å². The first-order valence-electron chi connectivity index (χ1n) is 13.1. The van der Waals surface area contributed by atoms with E-state index in [-0.39, 0.29) is 5.91 Å². The quantitative estimate of drug-likeness (QED) is 0.212. The maximum Gasteiger partial charge on any atom is 0.233 e. The number of ether oxygens (including phenoxy) is 4. The Morgan fingerprint density at radius 1 is 0.780 bits per heavy atom. The number of rotatable bonds is 12. The monoisotopic (exact) mass is 574 g/mol. The van der Waals surface area contributed by atoms with Crippen molar-refractivity contribution in [2.24, 2.45) is 0 Å². The van der Waals surface area contributed by atoms with Crippen LogP contribution in [0.5, 0.6) is 23.0 Å². The third kappa shape index (κ3) is 7.07. The molecule has 4 rings (SSSR count). The van der Waals surface area contributed by atoms with Gasteiger partial charge in [0.2, 0.25) is 11.1 Å². The van der Waals surface area contributed by atoms with Gasteiger partial charge in [-0.15, -0.1) is 10.2 Å². The first-order chi connectivity index (χ1) is 19.9. The molecule has 1 amide bonds. The standard InChI is InChI=1S/C31H34N4O5S/c1-7-27(30(36)32-18-20-10-8-19(2)9-11-20)41-31-33-28(21-12-14-23(37-3)25(16-21)39-5)29(34-35-31)22-13-15-24(38-4)26(17-22)40-6/h8-17,27H,7,18H2,1-6H3,(H,32,36). The molecule has 0 aliphatic rings. The number of aryl methyl sites for hydroxylation is 1. The Labute approximate surface area is 244 Å². The van der Waals surface area contributed by atoms with Gasteiger partial charge in [0.15, 0.2) is 23.0 Å². The summed E-state index contributed by atoms with van der Waals surface area (Å²) in [5, 5.41) is 12.0. The number of nitrogens with one attached hydrogen (secondary N) is 1. The van der Waals surface area contributed by atoms with Crippen LogP contribution in [-0.2, 0) is 11.3 Å². The molecule has 9 nitrogen and oxygen atoms in total. The lowest BCUT2D eigenvalue weighted by Gasteiger charge is -2.16.